The Morgan fingerprint density at radius 3 is 3.00 bits per heavy atom. The topological polar surface area (TPSA) is 110 Å². The molecule has 1 saturated heterocycles. The van der Waals surface area contributed by atoms with E-state index in [2.05, 4.69) is 53.0 Å². The number of anilines is 1. The van der Waals surface area contributed by atoms with Gasteiger partial charge < -0.3 is 9.88 Å². The molecule has 0 amide bonds. The zero-order chi connectivity index (χ0) is 22.1. The number of halogens is 1. The van der Waals surface area contributed by atoms with Gasteiger partial charge >= 0.3 is 0 Å². The Bertz CT molecular complexity index is 1360. The van der Waals surface area contributed by atoms with Crippen molar-refractivity contribution in [2.24, 2.45) is 5.92 Å². The van der Waals surface area contributed by atoms with Crippen molar-refractivity contribution in [2.75, 3.05) is 18.0 Å². The van der Waals surface area contributed by atoms with Crippen LogP contribution in [0.4, 0.5) is 5.69 Å². The number of nitriles is 2. The average Bonchev–Trinajstić information content (AvgIpc) is 3.57. The highest BCUT2D eigenvalue weighted by Crippen LogP contribution is 2.36. The minimum atomic E-state index is -0.0556. The summed E-state index contributed by atoms with van der Waals surface area (Å²) in [5.74, 6) is 0.241. The number of hydrogen-bond acceptors (Lipinski definition) is 6. The van der Waals surface area contributed by atoms with Gasteiger partial charge in [-0.25, -0.2) is 9.97 Å². The summed E-state index contributed by atoms with van der Waals surface area (Å²) in [5.41, 5.74) is 4.07. The zero-order valence-electron chi connectivity index (χ0n) is 17.1. The molecule has 1 fully saturated rings. The molecule has 0 bridgehead atoms. The molecule has 3 aromatic heterocycles. The van der Waals surface area contributed by atoms with Crippen LogP contribution >= 0.6 is 15.9 Å². The smallest absolute Gasteiger partial charge is 0.141 e. The summed E-state index contributed by atoms with van der Waals surface area (Å²) in [5, 5.41) is 24.7. The van der Waals surface area contributed by atoms with Gasteiger partial charge in [-0.15, -0.1) is 0 Å². The zero-order valence-corrected chi connectivity index (χ0v) is 18.7. The molecule has 0 aliphatic carbocycles. The van der Waals surface area contributed by atoms with Crippen molar-refractivity contribution >= 4 is 32.7 Å². The van der Waals surface area contributed by atoms with Gasteiger partial charge in [0.05, 0.1) is 41.7 Å². The molecule has 0 spiro atoms. The number of nitrogens with one attached hydrogen (secondary N) is 1. The van der Waals surface area contributed by atoms with Gasteiger partial charge in [0.2, 0.25) is 0 Å². The van der Waals surface area contributed by atoms with Gasteiger partial charge in [-0.1, -0.05) is 6.07 Å². The Morgan fingerprint density at radius 1 is 1.25 bits per heavy atom. The molecular formula is C23H19BrN8. The molecule has 1 aliphatic rings. The van der Waals surface area contributed by atoms with Crippen LogP contribution in [0.3, 0.4) is 0 Å². The lowest BCUT2D eigenvalue weighted by Gasteiger charge is -2.24. The molecule has 8 nitrogen and oxygen atoms in total. The van der Waals surface area contributed by atoms with E-state index in [9.17, 15) is 10.5 Å². The SMILES string of the molecule is N#CCC(C1CCN(c2cccc(Br)c2C#N)C1)n1cc(-c2ncnc3[nH]ccc23)cn1. The molecule has 32 heavy (non-hydrogen) atoms. The normalized spacial score (nSPS) is 16.7. The number of nitrogens with zero attached hydrogens (tertiary/aromatic N) is 7. The number of fused-ring (bicyclic) bond motifs is 1. The Morgan fingerprint density at radius 2 is 2.16 bits per heavy atom. The van der Waals surface area contributed by atoms with Crippen LogP contribution in [0.2, 0.25) is 0 Å². The van der Waals surface area contributed by atoms with E-state index in [1.807, 2.05) is 41.3 Å². The third kappa shape index (κ3) is 3.51. The van der Waals surface area contributed by atoms with E-state index in [1.165, 1.54) is 6.33 Å². The van der Waals surface area contributed by atoms with Crippen LogP contribution < -0.4 is 4.90 Å². The van der Waals surface area contributed by atoms with Crippen molar-refractivity contribution in [1.82, 2.24) is 24.7 Å². The quantitative estimate of drug-likeness (QED) is 0.446. The number of rotatable bonds is 5. The van der Waals surface area contributed by atoms with Gasteiger partial charge in [0.25, 0.3) is 0 Å². The van der Waals surface area contributed by atoms with Crippen LogP contribution in [-0.2, 0) is 0 Å². The van der Waals surface area contributed by atoms with Crippen molar-refractivity contribution in [3.63, 3.8) is 0 Å². The van der Waals surface area contributed by atoms with Gasteiger partial charge in [-0.2, -0.15) is 15.6 Å². The van der Waals surface area contributed by atoms with E-state index in [1.54, 1.807) is 6.20 Å². The standard InChI is InChI=1S/C23H19BrN8/c24-19-2-1-3-21(18(19)10-26)31-9-6-15(12-31)20(4-7-25)32-13-16(11-30-32)22-17-5-8-27-23(17)29-14-28-22/h1-3,5,8,11,13-15,20H,4,6,9,12H2,(H,27,28,29). The molecular weight excluding hydrogens is 468 g/mol. The van der Waals surface area contributed by atoms with Gasteiger partial charge in [-0.3, -0.25) is 4.68 Å². The molecule has 2 atom stereocenters. The van der Waals surface area contributed by atoms with Crippen LogP contribution in [0.25, 0.3) is 22.3 Å². The van der Waals surface area contributed by atoms with E-state index in [4.69, 9.17) is 0 Å². The molecule has 2 unspecified atom stereocenters. The molecule has 1 aromatic carbocycles. The first-order valence-electron chi connectivity index (χ1n) is 10.3. The minimum Gasteiger partial charge on any atom is -0.370 e. The van der Waals surface area contributed by atoms with Crippen molar-refractivity contribution < 1.29 is 0 Å². The van der Waals surface area contributed by atoms with Crippen molar-refractivity contribution in [2.45, 2.75) is 18.9 Å². The minimum absolute atomic E-state index is 0.0556. The molecule has 4 aromatic rings. The lowest BCUT2D eigenvalue weighted by atomic mass is 9.96. The molecule has 5 rings (SSSR count). The number of aromatic nitrogens is 5. The van der Waals surface area contributed by atoms with Crippen molar-refractivity contribution in [3.05, 3.63) is 59.2 Å². The molecule has 0 radical (unpaired) electrons. The van der Waals surface area contributed by atoms with Crippen LogP contribution in [0.15, 0.2) is 53.7 Å². The predicted molar refractivity (Wildman–Crippen MR) is 124 cm³/mol. The summed E-state index contributed by atoms with van der Waals surface area (Å²) in [6.45, 7) is 1.60. The fraction of sp³-hybridized carbons (Fsp3) is 0.261. The second kappa shape index (κ2) is 8.45. The largest absolute Gasteiger partial charge is 0.370 e. The summed E-state index contributed by atoms with van der Waals surface area (Å²) < 4.78 is 2.70. The number of H-pyrrole nitrogens is 1. The van der Waals surface area contributed by atoms with Crippen LogP contribution in [0, 0.1) is 28.6 Å². The Balaban J connectivity index is 1.42. The molecule has 9 heteroatoms. The highest BCUT2D eigenvalue weighted by molar-refractivity contribution is 9.10. The lowest BCUT2D eigenvalue weighted by molar-refractivity contribution is 0.332. The fourth-order valence-corrected chi connectivity index (χ4v) is 4.97. The maximum absolute atomic E-state index is 9.59. The number of hydrogen-bond donors (Lipinski definition) is 1. The van der Waals surface area contributed by atoms with E-state index in [0.717, 1.165) is 52.0 Å². The van der Waals surface area contributed by atoms with Crippen molar-refractivity contribution in [3.8, 4) is 23.4 Å². The highest BCUT2D eigenvalue weighted by atomic mass is 79.9. The lowest BCUT2D eigenvalue weighted by Crippen LogP contribution is -2.25. The molecule has 1 aliphatic heterocycles. The monoisotopic (exact) mass is 486 g/mol. The Hall–Kier alpha value is -3.69. The fourth-order valence-electron chi connectivity index (χ4n) is 4.52. The van der Waals surface area contributed by atoms with Crippen LogP contribution in [0.5, 0.6) is 0 Å². The summed E-state index contributed by atoms with van der Waals surface area (Å²) in [6.07, 6.45) is 8.45. The maximum Gasteiger partial charge on any atom is 0.141 e. The second-order valence-corrected chi connectivity index (χ2v) is 8.70. The third-order valence-electron chi connectivity index (χ3n) is 6.08. The summed E-state index contributed by atoms with van der Waals surface area (Å²) >= 11 is 3.48. The summed E-state index contributed by atoms with van der Waals surface area (Å²) in [6, 6.07) is 12.3. The molecule has 0 saturated carbocycles. The maximum atomic E-state index is 9.59. The van der Waals surface area contributed by atoms with E-state index in [-0.39, 0.29) is 12.0 Å². The first-order chi connectivity index (χ1) is 15.7. The first-order valence-corrected chi connectivity index (χ1v) is 11.1. The van der Waals surface area contributed by atoms with Gasteiger partial charge in [0, 0.05) is 46.8 Å². The van der Waals surface area contributed by atoms with Gasteiger partial charge in [0.1, 0.15) is 18.0 Å². The van der Waals surface area contributed by atoms with Crippen LogP contribution in [0.1, 0.15) is 24.4 Å². The second-order valence-electron chi connectivity index (χ2n) is 7.84. The number of aromatic amines is 1. The Kier molecular flexibility index (Phi) is 5.34. The predicted octanol–water partition coefficient (Wildman–Crippen LogP) is 4.44. The molecule has 1 N–H and O–H groups in total. The van der Waals surface area contributed by atoms with Gasteiger partial charge in [0.15, 0.2) is 0 Å². The summed E-state index contributed by atoms with van der Waals surface area (Å²) in [7, 11) is 0. The van der Waals surface area contributed by atoms with Gasteiger partial charge in [-0.05, 0) is 40.5 Å². The summed E-state index contributed by atoms with van der Waals surface area (Å²) in [4.78, 5) is 14.0. The van der Waals surface area contributed by atoms with E-state index >= 15 is 0 Å². The average molecular weight is 487 g/mol. The third-order valence-corrected chi connectivity index (χ3v) is 6.74. The van der Waals surface area contributed by atoms with E-state index < -0.39 is 0 Å². The Labute approximate surface area is 193 Å². The highest BCUT2D eigenvalue weighted by Gasteiger charge is 2.32. The molecule has 4 heterocycles. The van der Waals surface area contributed by atoms with Crippen molar-refractivity contribution in [1.29, 1.82) is 10.5 Å². The first kappa shape index (κ1) is 20.2. The molecule has 158 valence electrons. The number of benzene rings is 1. The van der Waals surface area contributed by atoms with Crippen LogP contribution in [-0.4, -0.2) is 37.8 Å². The van der Waals surface area contributed by atoms with E-state index in [0.29, 0.717) is 12.0 Å².